The highest BCUT2D eigenvalue weighted by molar-refractivity contribution is 5.03. The molecule has 0 aliphatic rings. The van der Waals surface area contributed by atoms with E-state index < -0.39 is 0 Å². The Morgan fingerprint density at radius 3 is 3.23 bits per heavy atom. The molecule has 0 radical (unpaired) electrons. The fraction of sp³-hybridized carbons (Fsp3) is 0.444. The van der Waals surface area contributed by atoms with E-state index in [0.29, 0.717) is 6.54 Å². The molecule has 13 heavy (non-hydrogen) atoms. The van der Waals surface area contributed by atoms with Gasteiger partial charge in [-0.05, 0) is 0 Å². The van der Waals surface area contributed by atoms with E-state index >= 15 is 0 Å². The third-order valence-corrected chi connectivity index (χ3v) is 1.63. The highest BCUT2D eigenvalue weighted by Gasteiger charge is 1.96. The second-order valence-corrected chi connectivity index (χ2v) is 2.75. The van der Waals surface area contributed by atoms with E-state index in [-0.39, 0.29) is 6.61 Å². The summed E-state index contributed by atoms with van der Waals surface area (Å²) in [6.45, 7) is 5.88. The van der Waals surface area contributed by atoms with E-state index in [0.717, 1.165) is 18.7 Å². The lowest BCUT2D eigenvalue weighted by molar-refractivity contribution is 0.269. The van der Waals surface area contributed by atoms with Gasteiger partial charge < -0.3 is 10.4 Å². The molecule has 1 rings (SSSR count). The average Bonchev–Trinajstić information content (AvgIpc) is 2.54. The second-order valence-electron chi connectivity index (χ2n) is 2.75. The molecular formula is C9H15N3O. The van der Waals surface area contributed by atoms with Gasteiger partial charge in [-0.2, -0.15) is 5.10 Å². The lowest BCUT2D eigenvalue weighted by Crippen LogP contribution is -2.12. The number of aliphatic hydroxyl groups is 1. The van der Waals surface area contributed by atoms with E-state index in [2.05, 4.69) is 17.0 Å². The van der Waals surface area contributed by atoms with Crippen molar-refractivity contribution < 1.29 is 5.11 Å². The predicted octanol–water partition coefficient (Wildman–Crippen LogP) is 0.151. The Kier molecular flexibility index (Phi) is 4.21. The Bertz CT molecular complexity index is 257. The molecule has 2 N–H and O–H groups in total. The monoisotopic (exact) mass is 181 g/mol. The first-order chi connectivity index (χ1) is 6.36. The molecule has 1 aromatic heterocycles. The summed E-state index contributed by atoms with van der Waals surface area (Å²) in [5, 5.41) is 15.9. The molecular weight excluding hydrogens is 166 g/mol. The Morgan fingerprint density at radius 2 is 2.54 bits per heavy atom. The molecule has 0 saturated heterocycles. The molecule has 72 valence electrons. The quantitative estimate of drug-likeness (QED) is 0.485. The van der Waals surface area contributed by atoms with Crippen LogP contribution in [-0.4, -0.2) is 28.0 Å². The van der Waals surface area contributed by atoms with Crippen LogP contribution in [0.3, 0.4) is 0 Å². The molecule has 0 aliphatic heterocycles. The van der Waals surface area contributed by atoms with Crippen molar-refractivity contribution >= 4 is 0 Å². The van der Waals surface area contributed by atoms with Crippen LogP contribution < -0.4 is 5.32 Å². The van der Waals surface area contributed by atoms with Crippen LogP contribution in [0.15, 0.2) is 25.0 Å². The lowest BCUT2D eigenvalue weighted by Gasteiger charge is -1.97. The Hall–Kier alpha value is -1.13. The molecule has 0 atom stereocenters. The topological polar surface area (TPSA) is 50.1 Å². The van der Waals surface area contributed by atoms with Gasteiger partial charge >= 0.3 is 0 Å². The van der Waals surface area contributed by atoms with Crippen LogP contribution in [0.5, 0.6) is 0 Å². The van der Waals surface area contributed by atoms with Gasteiger partial charge in [-0.1, -0.05) is 6.08 Å². The summed E-state index contributed by atoms with van der Waals surface area (Å²) in [5.74, 6) is 0. The maximum atomic E-state index is 8.65. The molecule has 4 heteroatoms. The maximum absolute atomic E-state index is 8.65. The first kappa shape index (κ1) is 9.95. The van der Waals surface area contributed by atoms with Gasteiger partial charge in [-0.3, -0.25) is 4.68 Å². The summed E-state index contributed by atoms with van der Waals surface area (Å²) < 4.78 is 1.73. The number of hydrogen-bond donors (Lipinski definition) is 2. The lowest BCUT2D eigenvalue weighted by atomic mass is 10.3. The summed E-state index contributed by atoms with van der Waals surface area (Å²) in [4.78, 5) is 0. The normalized spacial score (nSPS) is 10.2. The van der Waals surface area contributed by atoms with Crippen molar-refractivity contribution in [3.8, 4) is 0 Å². The van der Waals surface area contributed by atoms with Crippen LogP contribution in [0.25, 0.3) is 0 Å². The minimum atomic E-state index is 0.126. The molecule has 1 heterocycles. The van der Waals surface area contributed by atoms with Crippen molar-refractivity contribution in [2.45, 2.75) is 13.1 Å². The first-order valence-corrected chi connectivity index (χ1v) is 4.30. The van der Waals surface area contributed by atoms with E-state index in [1.54, 1.807) is 10.9 Å². The van der Waals surface area contributed by atoms with Crippen LogP contribution >= 0.6 is 0 Å². The van der Waals surface area contributed by atoms with Crippen LogP contribution in [0.1, 0.15) is 5.56 Å². The zero-order valence-corrected chi connectivity index (χ0v) is 7.61. The highest BCUT2D eigenvalue weighted by atomic mass is 16.3. The van der Waals surface area contributed by atoms with E-state index in [1.807, 2.05) is 12.3 Å². The largest absolute Gasteiger partial charge is 0.394 e. The van der Waals surface area contributed by atoms with Gasteiger partial charge in [-0.15, -0.1) is 6.58 Å². The number of rotatable bonds is 6. The number of nitrogens with zero attached hydrogens (tertiary/aromatic N) is 2. The summed E-state index contributed by atoms with van der Waals surface area (Å²) >= 11 is 0. The molecule has 0 bridgehead atoms. The highest BCUT2D eigenvalue weighted by Crippen LogP contribution is 1.96. The predicted molar refractivity (Wildman–Crippen MR) is 51.2 cm³/mol. The molecule has 1 aromatic rings. The zero-order chi connectivity index (χ0) is 9.52. The standard InChI is InChI=1S/C9H15N3O/c1-2-3-10-6-9-7-11-12(8-9)4-5-13/h2,7-8,10,13H,1,3-6H2. The number of hydrogen-bond acceptors (Lipinski definition) is 3. The number of aromatic nitrogens is 2. The molecule has 0 amide bonds. The molecule has 0 aromatic carbocycles. The van der Waals surface area contributed by atoms with Gasteiger partial charge in [0.1, 0.15) is 0 Å². The third-order valence-electron chi connectivity index (χ3n) is 1.63. The van der Waals surface area contributed by atoms with E-state index in [1.165, 1.54) is 0 Å². The minimum Gasteiger partial charge on any atom is -0.394 e. The van der Waals surface area contributed by atoms with Gasteiger partial charge in [0.05, 0.1) is 19.3 Å². The average molecular weight is 181 g/mol. The van der Waals surface area contributed by atoms with Gasteiger partial charge in [-0.25, -0.2) is 0 Å². The van der Waals surface area contributed by atoms with Crippen LogP contribution in [0, 0.1) is 0 Å². The summed E-state index contributed by atoms with van der Waals surface area (Å²) in [5.41, 5.74) is 1.12. The molecule has 0 aliphatic carbocycles. The Labute approximate surface area is 77.9 Å². The van der Waals surface area contributed by atoms with Crippen molar-refractivity contribution in [2.75, 3.05) is 13.2 Å². The van der Waals surface area contributed by atoms with E-state index in [4.69, 9.17) is 5.11 Å². The smallest absolute Gasteiger partial charge is 0.0640 e. The molecule has 4 nitrogen and oxygen atoms in total. The summed E-state index contributed by atoms with van der Waals surface area (Å²) in [6.07, 6.45) is 5.54. The van der Waals surface area contributed by atoms with Gasteiger partial charge in [0.2, 0.25) is 0 Å². The molecule has 0 unspecified atom stereocenters. The van der Waals surface area contributed by atoms with E-state index in [9.17, 15) is 0 Å². The number of nitrogens with one attached hydrogen (secondary N) is 1. The molecule has 0 spiro atoms. The molecule has 0 fully saturated rings. The maximum Gasteiger partial charge on any atom is 0.0640 e. The van der Waals surface area contributed by atoms with Crippen LogP contribution in [-0.2, 0) is 13.1 Å². The Morgan fingerprint density at radius 1 is 1.69 bits per heavy atom. The summed E-state index contributed by atoms with van der Waals surface area (Å²) in [6, 6.07) is 0. The van der Waals surface area contributed by atoms with Crippen molar-refractivity contribution in [2.24, 2.45) is 0 Å². The van der Waals surface area contributed by atoms with Crippen LogP contribution in [0.2, 0.25) is 0 Å². The Balaban J connectivity index is 2.35. The van der Waals surface area contributed by atoms with Crippen molar-refractivity contribution in [1.29, 1.82) is 0 Å². The summed E-state index contributed by atoms with van der Waals surface area (Å²) in [7, 11) is 0. The van der Waals surface area contributed by atoms with Crippen LogP contribution in [0.4, 0.5) is 0 Å². The van der Waals surface area contributed by atoms with Gasteiger partial charge in [0, 0.05) is 24.8 Å². The third kappa shape index (κ3) is 3.40. The van der Waals surface area contributed by atoms with Crippen molar-refractivity contribution in [3.05, 3.63) is 30.6 Å². The fourth-order valence-electron chi connectivity index (χ4n) is 1.04. The zero-order valence-electron chi connectivity index (χ0n) is 7.61. The van der Waals surface area contributed by atoms with Gasteiger partial charge in [0.15, 0.2) is 0 Å². The SMILES string of the molecule is C=CCNCc1cnn(CCO)c1. The first-order valence-electron chi connectivity index (χ1n) is 4.30. The molecule has 0 saturated carbocycles. The van der Waals surface area contributed by atoms with Crippen molar-refractivity contribution in [3.63, 3.8) is 0 Å². The number of aliphatic hydroxyl groups excluding tert-OH is 1. The second kappa shape index (κ2) is 5.50. The van der Waals surface area contributed by atoms with Crippen molar-refractivity contribution in [1.82, 2.24) is 15.1 Å². The minimum absolute atomic E-state index is 0.126. The fourth-order valence-corrected chi connectivity index (χ4v) is 1.04. The van der Waals surface area contributed by atoms with Gasteiger partial charge in [0.25, 0.3) is 0 Å².